The number of rotatable bonds is 10. The molecule has 2 nitrogen and oxygen atoms in total. The maximum atomic E-state index is 6.29. The molecule has 9 aromatic carbocycles. The van der Waals surface area contributed by atoms with Crippen molar-refractivity contribution in [1.82, 2.24) is 0 Å². The highest BCUT2D eigenvalue weighted by Gasteiger charge is 2.20. The summed E-state index contributed by atoms with van der Waals surface area (Å²) < 4.78 is 6.29. The molecule has 0 spiro atoms. The Labute approximate surface area is 346 Å². The summed E-state index contributed by atoms with van der Waals surface area (Å²) in [4.78, 5) is 5.58. The van der Waals surface area contributed by atoms with Crippen molar-refractivity contribution >= 4 is 54.8 Å². The quantitative estimate of drug-likeness (QED) is 0.101. The Morgan fingerprint density at radius 1 is 0.492 bits per heavy atom. The molecule has 0 aliphatic rings. The number of furan rings is 1. The minimum Gasteiger partial charge on any atom is -0.456 e. The smallest absolute Gasteiger partial charge is 0.136 e. The van der Waals surface area contributed by atoms with E-state index in [1.807, 2.05) is 0 Å². The number of allylic oxidation sites excluding steroid dienone is 2. The Balaban J connectivity index is 1.00. The van der Waals surface area contributed by atoms with Crippen molar-refractivity contribution in [3.8, 4) is 33.4 Å². The van der Waals surface area contributed by atoms with E-state index in [0.29, 0.717) is 5.92 Å². The van der Waals surface area contributed by atoms with E-state index in [1.165, 1.54) is 82.4 Å². The van der Waals surface area contributed by atoms with E-state index in [0.717, 1.165) is 28.9 Å². The van der Waals surface area contributed by atoms with Gasteiger partial charge in [0, 0.05) is 10.8 Å². The third-order valence-corrected chi connectivity index (χ3v) is 12.2. The van der Waals surface area contributed by atoms with Crippen molar-refractivity contribution in [3.63, 3.8) is 0 Å². The summed E-state index contributed by atoms with van der Waals surface area (Å²) >= 11 is 0. The van der Waals surface area contributed by atoms with Gasteiger partial charge in [-0.1, -0.05) is 172 Å². The second-order valence-corrected chi connectivity index (χ2v) is 15.9. The van der Waals surface area contributed by atoms with Gasteiger partial charge >= 0.3 is 0 Å². The predicted octanol–water partition coefficient (Wildman–Crippen LogP) is 16.0. The van der Waals surface area contributed by atoms with Gasteiger partial charge in [-0.05, 0) is 133 Å². The number of hydrogen-bond acceptors (Lipinski definition) is 2. The first-order chi connectivity index (χ1) is 29.0. The zero-order valence-electron chi connectivity index (χ0n) is 33.7. The van der Waals surface area contributed by atoms with Crippen LogP contribution in [0.2, 0.25) is 0 Å². The van der Waals surface area contributed by atoms with Crippen LogP contribution in [0.4, 0.5) is 0 Å². The Morgan fingerprint density at radius 3 is 1.59 bits per heavy atom. The molecule has 0 aliphatic heterocycles. The molecule has 284 valence electrons. The molecule has 2 heteroatoms. The first kappa shape index (κ1) is 36.3. The lowest BCUT2D eigenvalue weighted by Gasteiger charge is -2.22. The maximum Gasteiger partial charge on any atom is 0.136 e. The van der Waals surface area contributed by atoms with E-state index in [-0.39, 0.29) is 6.04 Å². The Hall–Kier alpha value is -7.03. The van der Waals surface area contributed by atoms with Crippen LogP contribution in [0, 0.1) is 5.92 Å². The van der Waals surface area contributed by atoms with Gasteiger partial charge in [0.25, 0.3) is 0 Å². The molecule has 0 fully saturated rings. The lowest BCUT2D eigenvalue weighted by molar-refractivity contribution is 0.459. The Kier molecular flexibility index (Phi) is 9.47. The molecular weight excluding hydrogens is 715 g/mol. The molecule has 2 atom stereocenters. The average Bonchev–Trinajstić information content (AvgIpc) is 3.70. The number of benzene rings is 9. The average molecular weight is 760 g/mol. The summed E-state index contributed by atoms with van der Waals surface area (Å²) in [6, 6.07) is 67.9. The lowest BCUT2D eigenvalue weighted by atomic mass is 9.89. The molecule has 0 N–H and O–H groups in total. The van der Waals surface area contributed by atoms with Crippen molar-refractivity contribution < 1.29 is 4.42 Å². The van der Waals surface area contributed by atoms with Gasteiger partial charge in [-0.25, -0.2) is 0 Å². The van der Waals surface area contributed by atoms with E-state index in [4.69, 9.17) is 9.41 Å². The van der Waals surface area contributed by atoms with Gasteiger partial charge < -0.3 is 4.42 Å². The lowest BCUT2D eigenvalue weighted by Crippen LogP contribution is -2.11. The van der Waals surface area contributed by atoms with Gasteiger partial charge in [-0.3, -0.25) is 4.99 Å². The van der Waals surface area contributed by atoms with E-state index in [2.05, 4.69) is 215 Å². The molecule has 0 bridgehead atoms. The topological polar surface area (TPSA) is 25.5 Å². The molecule has 2 unspecified atom stereocenters. The number of fused-ring (bicyclic) bond motifs is 3. The number of hydrogen-bond donors (Lipinski definition) is 0. The van der Waals surface area contributed by atoms with Crippen LogP contribution in [-0.4, -0.2) is 5.71 Å². The monoisotopic (exact) mass is 759 g/mol. The van der Waals surface area contributed by atoms with Crippen molar-refractivity contribution in [2.75, 3.05) is 0 Å². The van der Waals surface area contributed by atoms with Crippen molar-refractivity contribution in [2.24, 2.45) is 10.9 Å². The van der Waals surface area contributed by atoms with Crippen molar-refractivity contribution in [1.29, 1.82) is 0 Å². The summed E-state index contributed by atoms with van der Waals surface area (Å²) in [5.41, 5.74) is 14.8. The molecular formula is C57H45NO. The third-order valence-electron chi connectivity index (χ3n) is 12.2. The van der Waals surface area contributed by atoms with Crippen LogP contribution in [0.1, 0.15) is 49.9 Å². The molecule has 0 radical (unpaired) electrons. The van der Waals surface area contributed by atoms with Gasteiger partial charge in [-0.15, -0.1) is 0 Å². The molecule has 0 saturated carbocycles. The van der Waals surface area contributed by atoms with Crippen LogP contribution >= 0.6 is 0 Å². The molecule has 1 aromatic heterocycles. The molecule has 10 rings (SSSR count). The highest BCUT2D eigenvalue weighted by Crippen LogP contribution is 2.43. The van der Waals surface area contributed by atoms with E-state index in [1.54, 1.807) is 0 Å². The van der Waals surface area contributed by atoms with Crippen molar-refractivity contribution in [3.05, 3.63) is 211 Å². The predicted molar refractivity (Wildman–Crippen MR) is 251 cm³/mol. The van der Waals surface area contributed by atoms with Crippen LogP contribution in [0.15, 0.2) is 204 Å². The largest absolute Gasteiger partial charge is 0.456 e. The molecule has 59 heavy (non-hydrogen) atoms. The number of nitrogens with zero attached hydrogens (tertiary/aromatic N) is 1. The summed E-state index contributed by atoms with van der Waals surface area (Å²) in [6.45, 7) is 6.77. The SMILES string of the molecule is CCC(C)C(N=C(/C=C(\C)c1ccccc1)c1ccccc1)c1cccc(-c2cccc(-c3cccc(-c4ccc5c(c4)c4cccc6oc7cccc5c7c64)c3)c2)c1. The first-order valence-corrected chi connectivity index (χ1v) is 20.8. The summed E-state index contributed by atoms with van der Waals surface area (Å²) in [7, 11) is 0. The Bertz CT molecular complexity index is 3170. The highest BCUT2D eigenvalue weighted by atomic mass is 16.3. The Morgan fingerprint density at radius 2 is 1.00 bits per heavy atom. The zero-order chi connectivity index (χ0) is 39.9. The van der Waals surface area contributed by atoms with Gasteiger partial charge in [0.05, 0.1) is 11.8 Å². The first-order valence-electron chi connectivity index (χ1n) is 20.8. The summed E-state index contributed by atoms with van der Waals surface area (Å²) in [5, 5.41) is 7.41. The maximum absolute atomic E-state index is 6.29. The molecule has 1 heterocycles. The second-order valence-electron chi connectivity index (χ2n) is 15.9. The van der Waals surface area contributed by atoms with Gasteiger partial charge in [0.15, 0.2) is 0 Å². The van der Waals surface area contributed by atoms with Crippen LogP contribution in [0.3, 0.4) is 0 Å². The van der Waals surface area contributed by atoms with E-state index >= 15 is 0 Å². The summed E-state index contributed by atoms with van der Waals surface area (Å²) in [5.74, 6) is 0.343. The minimum absolute atomic E-state index is 0.00791. The second kappa shape index (κ2) is 15.4. The van der Waals surface area contributed by atoms with Crippen LogP contribution in [0.25, 0.3) is 82.4 Å². The van der Waals surface area contributed by atoms with Crippen LogP contribution in [-0.2, 0) is 0 Å². The molecule has 0 saturated heterocycles. The van der Waals surface area contributed by atoms with Gasteiger partial charge in [0.1, 0.15) is 11.2 Å². The molecule has 0 aliphatic carbocycles. The minimum atomic E-state index is -0.00791. The number of aliphatic imine (C=N–C) groups is 1. The van der Waals surface area contributed by atoms with Crippen molar-refractivity contribution in [2.45, 2.75) is 33.2 Å². The fourth-order valence-corrected chi connectivity index (χ4v) is 8.85. The zero-order valence-corrected chi connectivity index (χ0v) is 33.7. The summed E-state index contributed by atoms with van der Waals surface area (Å²) in [6.07, 6.45) is 3.27. The molecule has 10 aromatic rings. The third kappa shape index (κ3) is 6.81. The fourth-order valence-electron chi connectivity index (χ4n) is 8.85. The van der Waals surface area contributed by atoms with Crippen LogP contribution < -0.4 is 0 Å². The standard InChI is InChI=1S/C57H45NO/c1-4-37(2)57(58-52(40-18-9-6-10-19-40)32-38(3)39-16-7-5-8-17-39)47-25-13-24-45(35-47)43-22-11-20-41(33-43)42-21-12-23-44(34-42)46-30-31-48-49-26-14-28-53-55(49)56-50(51(48)36-46)27-15-29-54(56)59-53/h5-37,57H,4H2,1-3H3/b38-32+,58-52?. The molecule has 0 amide bonds. The van der Waals surface area contributed by atoms with Crippen LogP contribution in [0.5, 0.6) is 0 Å². The fraction of sp³-hybridized carbons (Fsp3) is 0.105. The highest BCUT2D eigenvalue weighted by molar-refractivity contribution is 6.33. The van der Waals surface area contributed by atoms with E-state index in [9.17, 15) is 0 Å². The van der Waals surface area contributed by atoms with E-state index < -0.39 is 0 Å². The normalized spacial score (nSPS) is 13.5. The van der Waals surface area contributed by atoms with Gasteiger partial charge in [0.2, 0.25) is 0 Å². The van der Waals surface area contributed by atoms with Gasteiger partial charge in [-0.2, -0.15) is 0 Å².